The van der Waals surface area contributed by atoms with Gasteiger partial charge in [-0.1, -0.05) is 40.5 Å². The van der Waals surface area contributed by atoms with Gasteiger partial charge >= 0.3 is 0 Å². The highest BCUT2D eigenvalue weighted by Crippen LogP contribution is 2.27. The first-order valence-electron chi connectivity index (χ1n) is 4.98. The van der Waals surface area contributed by atoms with Gasteiger partial charge in [-0.3, -0.25) is 0 Å². The van der Waals surface area contributed by atoms with Gasteiger partial charge in [-0.25, -0.2) is 0 Å². The Balaban J connectivity index is 4.21. The third kappa shape index (κ3) is 3.11. The van der Waals surface area contributed by atoms with Crippen molar-refractivity contribution in [3.05, 3.63) is 0 Å². The molecule has 2 nitrogen and oxygen atoms in total. The van der Waals surface area contributed by atoms with E-state index in [1.54, 1.807) is 0 Å². The van der Waals surface area contributed by atoms with Crippen molar-refractivity contribution >= 4 is 0 Å². The molecule has 0 saturated carbocycles. The molecule has 2 heteroatoms. The number of nitrogens with two attached hydrogens (primary N) is 1. The molecule has 0 aliphatic rings. The molecule has 0 spiro atoms. The first-order valence-corrected chi connectivity index (χ1v) is 4.98. The lowest BCUT2D eigenvalue weighted by atomic mass is 9.80. The van der Waals surface area contributed by atoms with Gasteiger partial charge in [-0.15, -0.1) is 0 Å². The fraction of sp³-hybridized carbons (Fsp3) is 1.00. The maximum Gasteiger partial charge on any atom is 0.105 e. The zero-order valence-corrected chi connectivity index (χ0v) is 8.75. The van der Waals surface area contributed by atoms with Crippen molar-refractivity contribution in [3.8, 4) is 0 Å². The Morgan fingerprint density at radius 3 is 1.58 bits per heavy atom. The molecule has 0 aromatic heterocycles. The van der Waals surface area contributed by atoms with E-state index in [1.165, 1.54) is 0 Å². The van der Waals surface area contributed by atoms with E-state index in [4.69, 9.17) is 5.73 Å². The fourth-order valence-corrected chi connectivity index (χ4v) is 1.78. The predicted octanol–water partition coefficient (Wildman–Crippen LogP) is 1.97. The summed E-state index contributed by atoms with van der Waals surface area (Å²) < 4.78 is 0. The molecule has 0 aliphatic heterocycles. The van der Waals surface area contributed by atoms with Crippen molar-refractivity contribution in [3.63, 3.8) is 0 Å². The van der Waals surface area contributed by atoms with Gasteiger partial charge in [0.1, 0.15) is 6.23 Å². The largest absolute Gasteiger partial charge is 0.379 e. The lowest BCUT2D eigenvalue weighted by Gasteiger charge is -2.30. The molecule has 0 rings (SSSR count). The van der Waals surface area contributed by atoms with Crippen molar-refractivity contribution in [2.45, 2.75) is 46.8 Å². The van der Waals surface area contributed by atoms with Crippen LogP contribution in [0, 0.1) is 17.8 Å². The van der Waals surface area contributed by atoms with Gasteiger partial charge in [0.15, 0.2) is 0 Å². The van der Waals surface area contributed by atoms with Crippen LogP contribution in [0.5, 0.6) is 0 Å². The Morgan fingerprint density at radius 2 is 1.42 bits per heavy atom. The average molecular weight is 173 g/mol. The zero-order chi connectivity index (χ0) is 9.72. The van der Waals surface area contributed by atoms with Crippen LogP contribution < -0.4 is 5.73 Å². The van der Waals surface area contributed by atoms with Crippen molar-refractivity contribution in [1.29, 1.82) is 0 Å². The molecule has 3 unspecified atom stereocenters. The molecule has 0 aromatic carbocycles. The van der Waals surface area contributed by atoms with E-state index < -0.39 is 6.23 Å². The summed E-state index contributed by atoms with van der Waals surface area (Å²) >= 11 is 0. The molecule has 12 heavy (non-hydrogen) atoms. The lowest BCUT2D eigenvalue weighted by molar-refractivity contribution is 0.0458. The second-order valence-electron chi connectivity index (χ2n) is 3.84. The third-order valence-electron chi connectivity index (χ3n) is 3.00. The zero-order valence-electron chi connectivity index (χ0n) is 8.75. The third-order valence-corrected chi connectivity index (χ3v) is 3.00. The molecule has 0 bridgehead atoms. The maximum atomic E-state index is 9.39. The molecule has 3 atom stereocenters. The fourth-order valence-electron chi connectivity index (χ4n) is 1.78. The first-order chi connectivity index (χ1) is 5.54. The van der Waals surface area contributed by atoms with Gasteiger partial charge in [-0.05, 0) is 11.8 Å². The summed E-state index contributed by atoms with van der Waals surface area (Å²) in [5.41, 5.74) is 5.55. The molecule has 0 fully saturated rings. The highest BCUT2D eigenvalue weighted by Gasteiger charge is 2.25. The minimum Gasteiger partial charge on any atom is -0.379 e. The van der Waals surface area contributed by atoms with E-state index in [2.05, 4.69) is 27.7 Å². The van der Waals surface area contributed by atoms with E-state index in [1.807, 2.05) is 0 Å². The highest BCUT2D eigenvalue weighted by atomic mass is 16.3. The topological polar surface area (TPSA) is 46.2 Å². The van der Waals surface area contributed by atoms with Crippen LogP contribution in [-0.2, 0) is 0 Å². The summed E-state index contributed by atoms with van der Waals surface area (Å²) in [6.07, 6.45) is 1.52. The number of aliphatic hydroxyl groups is 1. The van der Waals surface area contributed by atoms with Crippen LogP contribution in [0.4, 0.5) is 0 Å². The van der Waals surface area contributed by atoms with Gasteiger partial charge in [0.25, 0.3) is 0 Å². The van der Waals surface area contributed by atoms with Crippen molar-refractivity contribution in [1.82, 2.24) is 0 Å². The van der Waals surface area contributed by atoms with Crippen molar-refractivity contribution in [2.24, 2.45) is 23.5 Å². The molecule has 0 heterocycles. The molecule has 74 valence electrons. The maximum absolute atomic E-state index is 9.39. The van der Waals surface area contributed by atoms with Crippen LogP contribution in [-0.4, -0.2) is 11.3 Å². The summed E-state index contributed by atoms with van der Waals surface area (Å²) in [5, 5.41) is 9.39. The van der Waals surface area contributed by atoms with Crippen LogP contribution in [0.15, 0.2) is 0 Å². The minimum atomic E-state index is -0.658. The minimum absolute atomic E-state index is 0.250. The van der Waals surface area contributed by atoms with E-state index in [9.17, 15) is 5.11 Å². The van der Waals surface area contributed by atoms with Crippen molar-refractivity contribution < 1.29 is 5.11 Å². The Bertz CT molecular complexity index is 104. The lowest BCUT2D eigenvalue weighted by Crippen LogP contribution is -2.37. The summed E-state index contributed by atoms with van der Waals surface area (Å²) in [6, 6.07) is 0. The van der Waals surface area contributed by atoms with Crippen LogP contribution in [0.1, 0.15) is 40.5 Å². The summed E-state index contributed by atoms with van der Waals surface area (Å²) in [6.45, 7) is 8.60. The molecule has 0 radical (unpaired) electrons. The van der Waals surface area contributed by atoms with Crippen molar-refractivity contribution in [2.75, 3.05) is 0 Å². The summed E-state index contributed by atoms with van der Waals surface area (Å²) in [5.74, 6) is 1.28. The smallest absolute Gasteiger partial charge is 0.105 e. The molecule has 0 aromatic rings. The number of hydrogen-bond acceptors (Lipinski definition) is 2. The molecule has 0 amide bonds. The average Bonchev–Trinajstić information content (AvgIpc) is 2.03. The Morgan fingerprint density at radius 1 is 1.08 bits per heavy atom. The first kappa shape index (κ1) is 11.9. The Kier molecular flexibility index (Phi) is 5.51. The normalized spacial score (nSPS) is 21.5. The van der Waals surface area contributed by atoms with E-state index >= 15 is 0 Å². The summed E-state index contributed by atoms with van der Waals surface area (Å²) in [7, 11) is 0. The molecular formula is C10H23NO. The SMILES string of the molecule is CCC(C)C(C(N)O)C(C)CC. The molecule has 3 N–H and O–H groups in total. The molecular weight excluding hydrogens is 150 g/mol. The standard InChI is InChI=1S/C10H23NO/c1-5-7(3)9(10(11)12)8(4)6-2/h7-10,12H,5-6,11H2,1-4H3. The van der Waals surface area contributed by atoms with Crippen LogP contribution in [0.25, 0.3) is 0 Å². The monoisotopic (exact) mass is 173 g/mol. The number of hydrogen-bond donors (Lipinski definition) is 2. The van der Waals surface area contributed by atoms with Crippen LogP contribution in [0.3, 0.4) is 0 Å². The summed E-state index contributed by atoms with van der Waals surface area (Å²) in [4.78, 5) is 0. The Hall–Kier alpha value is -0.0800. The van der Waals surface area contributed by atoms with E-state index in [0.717, 1.165) is 12.8 Å². The highest BCUT2D eigenvalue weighted by molar-refractivity contribution is 4.74. The Labute approximate surface area is 76.2 Å². The second-order valence-corrected chi connectivity index (χ2v) is 3.84. The quantitative estimate of drug-likeness (QED) is 0.624. The van der Waals surface area contributed by atoms with Gasteiger partial charge in [0, 0.05) is 5.92 Å². The number of rotatable bonds is 5. The molecule has 0 aliphatic carbocycles. The predicted molar refractivity (Wildman–Crippen MR) is 52.6 cm³/mol. The number of aliphatic hydroxyl groups excluding tert-OH is 1. The molecule has 0 saturated heterocycles. The van der Waals surface area contributed by atoms with Gasteiger partial charge in [0.05, 0.1) is 0 Å². The second kappa shape index (κ2) is 5.55. The van der Waals surface area contributed by atoms with Gasteiger partial charge in [-0.2, -0.15) is 0 Å². The van der Waals surface area contributed by atoms with Gasteiger partial charge < -0.3 is 10.8 Å². The van der Waals surface area contributed by atoms with E-state index in [-0.39, 0.29) is 5.92 Å². The van der Waals surface area contributed by atoms with Crippen LogP contribution >= 0.6 is 0 Å². The van der Waals surface area contributed by atoms with Gasteiger partial charge in [0.2, 0.25) is 0 Å². The van der Waals surface area contributed by atoms with Crippen LogP contribution in [0.2, 0.25) is 0 Å². The van der Waals surface area contributed by atoms with E-state index in [0.29, 0.717) is 11.8 Å².